The zero-order valence-corrected chi connectivity index (χ0v) is 19.0. The highest BCUT2D eigenvalue weighted by Gasteiger charge is 2.40. The lowest BCUT2D eigenvalue weighted by atomic mass is 10.1. The second-order valence-electron chi connectivity index (χ2n) is 8.67. The van der Waals surface area contributed by atoms with E-state index in [2.05, 4.69) is 20.0 Å². The molecule has 0 saturated carbocycles. The molecule has 0 radical (unpaired) electrons. The highest BCUT2D eigenvalue weighted by atomic mass is 19.4. The average Bonchev–Trinajstić information content (AvgIpc) is 3.08. The number of halogens is 3. The maximum Gasteiger partial charge on any atom is 0.573 e. The lowest BCUT2D eigenvalue weighted by Gasteiger charge is -2.31. The number of amides is 1. The molecule has 1 aliphatic heterocycles. The Bertz CT molecular complexity index is 963. The Balaban J connectivity index is 1.73. The van der Waals surface area contributed by atoms with Crippen LogP contribution in [0.15, 0.2) is 36.5 Å². The molecule has 3 rings (SSSR count). The summed E-state index contributed by atoms with van der Waals surface area (Å²) in [5.41, 5.74) is 0.301. The monoisotopic (exact) mass is 468 g/mol. The molecule has 0 spiro atoms. The fourth-order valence-corrected chi connectivity index (χ4v) is 3.47. The minimum atomic E-state index is -4.75. The predicted octanol–water partition coefficient (Wildman–Crippen LogP) is 5.08. The first-order valence-electron chi connectivity index (χ1n) is 10.4. The summed E-state index contributed by atoms with van der Waals surface area (Å²) in [4.78, 5) is 22.5. The number of ether oxygens (including phenoxy) is 3. The highest BCUT2D eigenvalue weighted by molar-refractivity contribution is 5.89. The van der Waals surface area contributed by atoms with E-state index in [4.69, 9.17) is 9.47 Å². The van der Waals surface area contributed by atoms with Gasteiger partial charge in [0.25, 0.3) is 0 Å². The predicted molar refractivity (Wildman–Crippen MR) is 115 cm³/mol. The fourth-order valence-electron chi connectivity index (χ4n) is 3.47. The fraction of sp³-hybridized carbons (Fsp3) is 0.500. The van der Waals surface area contributed by atoms with Crippen molar-refractivity contribution in [2.24, 2.45) is 0 Å². The van der Waals surface area contributed by atoms with E-state index < -0.39 is 18.1 Å². The van der Waals surface area contributed by atoms with Crippen molar-refractivity contribution in [2.45, 2.75) is 64.8 Å². The Labute approximate surface area is 190 Å². The maximum absolute atomic E-state index is 12.4. The van der Waals surface area contributed by atoms with Crippen LogP contribution in [0.1, 0.15) is 46.2 Å². The van der Waals surface area contributed by atoms with E-state index in [-0.39, 0.29) is 36.5 Å². The molecule has 1 fully saturated rings. The number of nitrogens with one attached hydrogen (secondary N) is 1. The van der Waals surface area contributed by atoms with Gasteiger partial charge in [-0.25, -0.2) is 9.78 Å². The van der Waals surface area contributed by atoms with Gasteiger partial charge in [0.05, 0.1) is 17.7 Å². The van der Waals surface area contributed by atoms with Gasteiger partial charge in [0.15, 0.2) is 0 Å². The number of alkyl halides is 3. The molecule has 1 aromatic heterocycles. The number of rotatable bonds is 7. The zero-order chi connectivity index (χ0) is 24.4. The molecule has 11 heteroatoms. The molecule has 180 valence electrons. The van der Waals surface area contributed by atoms with Crippen LogP contribution in [0.4, 0.5) is 29.7 Å². The Hall–Kier alpha value is -3.08. The van der Waals surface area contributed by atoms with Gasteiger partial charge in [0.2, 0.25) is 5.95 Å². The molecule has 1 amide bonds. The third-order valence-electron chi connectivity index (χ3n) is 4.83. The second-order valence-corrected chi connectivity index (χ2v) is 8.67. The van der Waals surface area contributed by atoms with Crippen LogP contribution in [-0.2, 0) is 9.47 Å². The number of nitrogens with zero attached hydrogens (tertiary/aromatic N) is 3. The average molecular weight is 468 g/mol. The van der Waals surface area contributed by atoms with E-state index >= 15 is 0 Å². The summed E-state index contributed by atoms with van der Waals surface area (Å²) in [7, 11) is 0. The summed E-state index contributed by atoms with van der Waals surface area (Å²) in [6, 6.07) is 6.41. The van der Waals surface area contributed by atoms with Crippen molar-refractivity contribution >= 4 is 17.9 Å². The summed E-state index contributed by atoms with van der Waals surface area (Å²) in [5.74, 6) is 0.297. The normalized spacial score (nSPS) is 18.6. The van der Waals surface area contributed by atoms with Crippen LogP contribution in [0.25, 0.3) is 0 Å². The number of anilines is 2. The van der Waals surface area contributed by atoms with Crippen molar-refractivity contribution in [1.82, 2.24) is 9.97 Å². The maximum atomic E-state index is 12.4. The minimum absolute atomic E-state index is 0.172. The van der Waals surface area contributed by atoms with E-state index in [9.17, 15) is 18.0 Å². The molecule has 1 N–H and O–H groups in total. The summed E-state index contributed by atoms with van der Waals surface area (Å²) >= 11 is 0. The van der Waals surface area contributed by atoms with E-state index in [1.165, 1.54) is 35.4 Å². The van der Waals surface area contributed by atoms with Gasteiger partial charge in [-0.15, -0.1) is 13.2 Å². The van der Waals surface area contributed by atoms with Crippen molar-refractivity contribution in [3.8, 4) is 5.75 Å². The van der Waals surface area contributed by atoms with Crippen LogP contribution < -0.4 is 15.0 Å². The molecule has 0 bridgehead atoms. The number of hydrogen-bond donors (Lipinski definition) is 1. The molecule has 8 nitrogen and oxygen atoms in total. The Morgan fingerprint density at radius 3 is 2.42 bits per heavy atom. The second kappa shape index (κ2) is 9.42. The topological polar surface area (TPSA) is 85.8 Å². The Morgan fingerprint density at radius 2 is 1.82 bits per heavy atom. The third-order valence-corrected chi connectivity index (χ3v) is 4.83. The van der Waals surface area contributed by atoms with Gasteiger partial charge >= 0.3 is 12.5 Å². The number of benzene rings is 1. The molecule has 0 aliphatic carbocycles. The molecule has 1 aromatic carbocycles. The molecule has 1 saturated heterocycles. The molecule has 1 aliphatic rings. The summed E-state index contributed by atoms with van der Waals surface area (Å²) in [5, 5.41) is 3.09. The number of carbonyl (C=O) groups excluding carboxylic acids is 1. The van der Waals surface area contributed by atoms with Crippen molar-refractivity contribution < 1.29 is 32.2 Å². The van der Waals surface area contributed by atoms with Gasteiger partial charge in [-0.1, -0.05) is 12.1 Å². The van der Waals surface area contributed by atoms with Crippen molar-refractivity contribution in [3.05, 3.63) is 42.1 Å². The number of hydrogen-bond acceptors (Lipinski definition) is 7. The zero-order valence-electron chi connectivity index (χ0n) is 19.0. The van der Waals surface area contributed by atoms with E-state index in [0.717, 1.165) is 0 Å². The molecule has 2 heterocycles. The van der Waals surface area contributed by atoms with Gasteiger partial charge < -0.3 is 19.5 Å². The molecule has 0 unspecified atom stereocenters. The standard InChI is InChI=1S/C22H27F3N4O4/c1-13(15-6-8-16(9-7-15)33-22(23,24)25)27-19-26-11-10-18(28-19)29-17(12-31-20(29)30)14(2)32-21(3,4)5/h6-11,13-14,17H,12H2,1-5H3,(H,26,27,28)/t13-,14+,17+/m0/s1. The number of aromatic nitrogens is 2. The van der Waals surface area contributed by atoms with Crippen molar-refractivity contribution in [3.63, 3.8) is 0 Å². The van der Waals surface area contributed by atoms with Crippen LogP contribution >= 0.6 is 0 Å². The lowest BCUT2D eigenvalue weighted by molar-refractivity contribution is -0.274. The van der Waals surface area contributed by atoms with E-state index in [0.29, 0.717) is 11.4 Å². The molecule has 2 aromatic rings. The van der Waals surface area contributed by atoms with Gasteiger partial charge in [-0.3, -0.25) is 4.90 Å². The van der Waals surface area contributed by atoms with Crippen molar-refractivity contribution in [1.29, 1.82) is 0 Å². The summed E-state index contributed by atoms with van der Waals surface area (Å²) < 4.78 is 52.2. The third kappa shape index (κ3) is 6.70. The van der Waals surface area contributed by atoms with Crippen LogP contribution in [0.5, 0.6) is 5.75 Å². The minimum Gasteiger partial charge on any atom is -0.447 e. The highest BCUT2D eigenvalue weighted by Crippen LogP contribution is 2.28. The van der Waals surface area contributed by atoms with Crippen molar-refractivity contribution in [2.75, 3.05) is 16.8 Å². The van der Waals surface area contributed by atoms with Crippen LogP contribution in [0.2, 0.25) is 0 Å². The lowest BCUT2D eigenvalue weighted by Crippen LogP contribution is -2.45. The SMILES string of the molecule is C[C@H](Nc1nccc(N2C(=O)OC[C@@H]2[C@@H](C)OC(C)(C)C)n1)c1ccc(OC(F)(F)F)cc1. The molecule has 3 atom stereocenters. The first-order chi connectivity index (χ1) is 15.3. The van der Waals surface area contributed by atoms with Gasteiger partial charge in [0, 0.05) is 6.20 Å². The number of cyclic esters (lactones) is 1. The van der Waals surface area contributed by atoms with Crippen LogP contribution in [0, 0.1) is 0 Å². The van der Waals surface area contributed by atoms with E-state index in [1.54, 1.807) is 6.07 Å². The van der Waals surface area contributed by atoms with Gasteiger partial charge in [-0.2, -0.15) is 4.98 Å². The molecular weight excluding hydrogens is 441 g/mol. The van der Waals surface area contributed by atoms with Gasteiger partial charge in [0.1, 0.15) is 24.2 Å². The van der Waals surface area contributed by atoms with Gasteiger partial charge in [-0.05, 0) is 58.4 Å². The van der Waals surface area contributed by atoms with Crippen LogP contribution in [0.3, 0.4) is 0 Å². The quantitative estimate of drug-likeness (QED) is 0.607. The molecule has 33 heavy (non-hydrogen) atoms. The largest absolute Gasteiger partial charge is 0.573 e. The smallest absolute Gasteiger partial charge is 0.447 e. The Kier molecular flexibility index (Phi) is 7.01. The Morgan fingerprint density at radius 1 is 1.15 bits per heavy atom. The summed E-state index contributed by atoms with van der Waals surface area (Å²) in [6.45, 7) is 9.65. The van der Waals surface area contributed by atoms with Crippen LogP contribution in [-0.4, -0.2) is 46.8 Å². The number of carbonyl (C=O) groups is 1. The molecular formula is C22H27F3N4O4. The van der Waals surface area contributed by atoms with E-state index in [1.807, 2.05) is 34.6 Å². The summed E-state index contributed by atoms with van der Waals surface area (Å²) in [6.07, 6.45) is -4.07. The first kappa shape index (κ1) is 24.6. The first-order valence-corrected chi connectivity index (χ1v) is 10.4.